The average molecular weight is 428 g/mol. The second kappa shape index (κ2) is 10.3. The Bertz CT molecular complexity index is 824. The standard InChI is InChI=1S/C24H30ClN3O2/c25-21-7-4-6-20(18-21)24(29)28-11-5-8-22(19-28)27-14-12-26(13-15-27)16-17-30-23-9-2-1-3-10-23/h1-4,6-7,9-10,18,22H,5,8,11-17,19H2. The molecule has 1 amide bonds. The van der Waals surface area contributed by atoms with Gasteiger partial charge in [-0.15, -0.1) is 0 Å². The monoisotopic (exact) mass is 427 g/mol. The first-order chi connectivity index (χ1) is 14.7. The highest BCUT2D eigenvalue weighted by Crippen LogP contribution is 2.21. The quantitative estimate of drug-likeness (QED) is 0.705. The van der Waals surface area contributed by atoms with Gasteiger partial charge in [-0.25, -0.2) is 0 Å². The summed E-state index contributed by atoms with van der Waals surface area (Å²) in [5.74, 6) is 1.03. The lowest BCUT2D eigenvalue weighted by Crippen LogP contribution is -2.56. The smallest absolute Gasteiger partial charge is 0.253 e. The largest absolute Gasteiger partial charge is 0.492 e. The number of para-hydroxylation sites is 1. The topological polar surface area (TPSA) is 36.0 Å². The Morgan fingerprint density at radius 2 is 1.80 bits per heavy atom. The number of amides is 1. The molecule has 0 saturated carbocycles. The molecule has 0 aliphatic carbocycles. The van der Waals surface area contributed by atoms with Crippen molar-refractivity contribution in [1.29, 1.82) is 0 Å². The van der Waals surface area contributed by atoms with Crippen LogP contribution < -0.4 is 4.74 Å². The van der Waals surface area contributed by atoms with Crippen LogP contribution >= 0.6 is 11.6 Å². The summed E-state index contributed by atoms with van der Waals surface area (Å²) in [5.41, 5.74) is 0.686. The second-order valence-corrected chi connectivity index (χ2v) is 8.53. The summed E-state index contributed by atoms with van der Waals surface area (Å²) >= 11 is 6.07. The van der Waals surface area contributed by atoms with E-state index in [-0.39, 0.29) is 5.91 Å². The molecular weight excluding hydrogens is 398 g/mol. The highest BCUT2D eigenvalue weighted by atomic mass is 35.5. The zero-order valence-electron chi connectivity index (χ0n) is 17.4. The molecule has 0 N–H and O–H groups in total. The van der Waals surface area contributed by atoms with Gasteiger partial charge in [-0.3, -0.25) is 14.6 Å². The Morgan fingerprint density at radius 3 is 2.57 bits per heavy atom. The van der Waals surface area contributed by atoms with Gasteiger partial charge in [0.25, 0.3) is 5.91 Å². The fraction of sp³-hybridized carbons (Fsp3) is 0.458. The number of piperidine rings is 1. The van der Waals surface area contributed by atoms with Gasteiger partial charge in [0.1, 0.15) is 12.4 Å². The normalized spacial score (nSPS) is 20.8. The van der Waals surface area contributed by atoms with E-state index < -0.39 is 0 Å². The fourth-order valence-electron chi connectivity index (χ4n) is 4.40. The van der Waals surface area contributed by atoms with Gasteiger partial charge in [0.15, 0.2) is 0 Å². The number of likely N-dealkylation sites (tertiary alicyclic amines) is 1. The molecule has 0 radical (unpaired) electrons. The van der Waals surface area contributed by atoms with Gasteiger partial charge in [-0.1, -0.05) is 35.9 Å². The van der Waals surface area contributed by atoms with Crippen LogP contribution in [0.5, 0.6) is 5.75 Å². The van der Waals surface area contributed by atoms with E-state index in [1.165, 1.54) is 0 Å². The predicted molar refractivity (Wildman–Crippen MR) is 120 cm³/mol. The third-order valence-corrected chi connectivity index (χ3v) is 6.33. The van der Waals surface area contributed by atoms with Crippen molar-refractivity contribution >= 4 is 17.5 Å². The van der Waals surface area contributed by atoms with Crippen molar-refractivity contribution in [2.45, 2.75) is 18.9 Å². The van der Waals surface area contributed by atoms with Crippen molar-refractivity contribution in [1.82, 2.24) is 14.7 Å². The minimum Gasteiger partial charge on any atom is -0.492 e. The first kappa shape index (κ1) is 21.2. The lowest BCUT2D eigenvalue weighted by molar-refractivity contribution is 0.0399. The molecule has 2 aliphatic heterocycles. The van der Waals surface area contributed by atoms with E-state index in [0.29, 0.717) is 16.6 Å². The van der Waals surface area contributed by atoms with Gasteiger partial charge in [0, 0.05) is 62.4 Å². The molecule has 4 rings (SSSR count). The second-order valence-electron chi connectivity index (χ2n) is 8.10. The van der Waals surface area contributed by atoms with Crippen molar-refractivity contribution in [3.63, 3.8) is 0 Å². The van der Waals surface area contributed by atoms with Gasteiger partial charge in [-0.05, 0) is 43.2 Å². The number of carbonyl (C=O) groups excluding carboxylic acids is 1. The molecular formula is C24H30ClN3O2. The van der Waals surface area contributed by atoms with Crippen LogP contribution in [0.4, 0.5) is 0 Å². The fourth-order valence-corrected chi connectivity index (χ4v) is 4.59. The van der Waals surface area contributed by atoms with Crippen LogP contribution in [0, 0.1) is 0 Å². The van der Waals surface area contributed by atoms with E-state index in [4.69, 9.17) is 16.3 Å². The van der Waals surface area contributed by atoms with Crippen LogP contribution in [-0.2, 0) is 0 Å². The number of hydrogen-bond donors (Lipinski definition) is 0. The molecule has 1 unspecified atom stereocenters. The summed E-state index contributed by atoms with van der Waals surface area (Å²) in [4.78, 5) is 19.9. The molecule has 0 aromatic heterocycles. The molecule has 5 nitrogen and oxygen atoms in total. The SMILES string of the molecule is O=C(c1cccc(Cl)c1)N1CCCC(N2CCN(CCOc3ccccc3)CC2)C1. The highest BCUT2D eigenvalue weighted by Gasteiger charge is 2.30. The summed E-state index contributed by atoms with van der Waals surface area (Å²) in [6.07, 6.45) is 2.22. The molecule has 2 heterocycles. The molecule has 30 heavy (non-hydrogen) atoms. The molecule has 2 aromatic rings. The Labute approximate surface area is 184 Å². The Balaban J connectivity index is 1.23. The lowest BCUT2D eigenvalue weighted by atomic mass is 10.0. The zero-order valence-corrected chi connectivity index (χ0v) is 18.1. The summed E-state index contributed by atoms with van der Waals surface area (Å²) in [5, 5.41) is 0.613. The molecule has 2 aromatic carbocycles. The predicted octanol–water partition coefficient (Wildman–Crippen LogP) is 3.64. The minimum absolute atomic E-state index is 0.0962. The summed E-state index contributed by atoms with van der Waals surface area (Å²) in [7, 11) is 0. The van der Waals surface area contributed by atoms with Crippen LogP contribution in [-0.4, -0.2) is 79.1 Å². The Kier molecular flexibility index (Phi) is 7.26. The maximum atomic E-state index is 12.9. The number of nitrogens with zero attached hydrogens (tertiary/aromatic N) is 3. The summed E-state index contributed by atoms with van der Waals surface area (Å²) in [6.45, 7) is 7.52. The van der Waals surface area contributed by atoms with Crippen molar-refractivity contribution in [2.75, 3.05) is 52.4 Å². The molecule has 2 fully saturated rings. The number of piperazine rings is 1. The van der Waals surface area contributed by atoms with Gasteiger partial charge >= 0.3 is 0 Å². The maximum Gasteiger partial charge on any atom is 0.253 e. The van der Waals surface area contributed by atoms with Crippen molar-refractivity contribution in [3.05, 3.63) is 65.2 Å². The number of rotatable bonds is 6. The van der Waals surface area contributed by atoms with Gasteiger partial charge in [-0.2, -0.15) is 0 Å². The zero-order chi connectivity index (χ0) is 20.8. The number of halogens is 1. The third kappa shape index (κ3) is 5.54. The van der Waals surface area contributed by atoms with Crippen molar-refractivity contribution in [3.8, 4) is 5.75 Å². The van der Waals surface area contributed by atoms with Gasteiger partial charge < -0.3 is 9.64 Å². The summed E-state index contributed by atoms with van der Waals surface area (Å²) in [6, 6.07) is 17.7. The van der Waals surface area contributed by atoms with Crippen LogP contribution in [0.3, 0.4) is 0 Å². The number of ether oxygens (including phenoxy) is 1. The van der Waals surface area contributed by atoms with Gasteiger partial charge in [0.2, 0.25) is 0 Å². The van der Waals surface area contributed by atoms with Crippen molar-refractivity contribution in [2.24, 2.45) is 0 Å². The Morgan fingerprint density at radius 1 is 1.00 bits per heavy atom. The van der Waals surface area contributed by atoms with Crippen LogP contribution in [0.1, 0.15) is 23.2 Å². The van der Waals surface area contributed by atoms with E-state index >= 15 is 0 Å². The highest BCUT2D eigenvalue weighted by molar-refractivity contribution is 6.30. The van der Waals surface area contributed by atoms with E-state index in [0.717, 1.165) is 71.0 Å². The third-order valence-electron chi connectivity index (χ3n) is 6.10. The van der Waals surface area contributed by atoms with Crippen LogP contribution in [0.15, 0.2) is 54.6 Å². The van der Waals surface area contributed by atoms with Crippen molar-refractivity contribution < 1.29 is 9.53 Å². The molecule has 0 bridgehead atoms. The molecule has 2 aliphatic rings. The number of carbonyl (C=O) groups is 1. The van der Waals surface area contributed by atoms with E-state index in [2.05, 4.69) is 9.80 Å². The molecule has 0 spiro atoms. The molecule has 6 heteroatoms. The molecule has 160 valence electrons. The number of hydrogen-bond acceptors (Lipinski definition) is 4. The Hall–Kier alpha value is -2.08. The first-order valence-corrected chi connectivity index (χ1v) is 11.3. The maximum absolute atomic E-state index is 12.9. The first-order valence-electron chi connectivity index (χ1n) is 10.9. The van der Waals surface area contributed by atoms with Crippen LogP contribution in [0.25, 0.3) is 0 Å². The average Bonchev–Trinajstić information content (AvgIpc) is 2.80. The lowest BCUT2D eigenvalue weighted by Gasteiger charge is -2.43. The van der Waals surface area contributed by atoms with E-state index in [1.807, 2.05) is 53.4 Å². The van der Waals surface area contributed by atoms with Gasteiger partial charge in [0.05, 0.1) is 0 Å². The number of benzene rings is 2. The summed E-state index contributed by atoms with van der Waals surface area (Å²) < 4.78 is 5.83. The van der Waals surface area contributed by atoms with E-state index in [1.54, 1.807) is 6.07 Å². The molecule has 1 atom stereocenters. The van der Waals surface area contributed by atoms with Crippen LogP contribution in [0.2, 0.25) is 5.02 Å². The minimum atomic E-state index is 0.0962. The van der Waals surface area contributed by atoms with E-state index in [9.17, 15) is 4.79 Å². The molecule has 2 saturated heterocycles.